The molecule has 1 heterocycles. The number of esters is 1. The van der Waals surface area contributed by atoms with Crippen molar-refractivity contribution in [2.75, 3.05) is 20.3 Å². The van der Waals surface area contributed by atoms with E-state index in [-0.39, 0.29) is 5.43 Å². The van der Waals surface area contributed by atoms with E-state index in [0.29, 0.717) is 41.4 Å². The van der Waals surface area contributed by atoms with E-state index in [4.69, 9.17) is 19.0 Å². The zero-order valence-electron chi connectivity index (χ0n) is 22.0. The van der Waals surface area contributed by atoms with Crippen LogP contribution in [0.1, 0.15) is 68.1 Å². The number of carbonyl (C=O) groups excluding carboxylic acids is 1. The second-order valence-electron chi connectivity index (χ2n) is 9.58. The largest absolute Gasteiger partial charge is 0.493 e. The molecule has 1 aliphatic carbocycles. The summed E-state index contributed by atoms with van der Waals surface area (Å²) < 4.78 is 17.2. The van der Waals surface area contributed by atoms with E-state index in [2.05, 4.69) is 0 Å². The van der Waals surface area contributed by atoms with Crippen LogP contribution in [0.2, 0.25) is 0 Å². The number of hydrogen-bond acceptors (Lipinski definition) is 6. The molecule has 6 heteroatoms. The third kappa shape index (κ3) is 6.81. The van der Waals surface area contributed by atoms with Gasteiger partial charge in [-0.3, -0.25) is 4.79 Å². The minimum absolute atomic E-state index is 0.148. The molecule has 2 aromatic rings. The van der Waals surface area contributed by atoms with Crippen molar-refractivity contribution in [1.82, 2.24) is 0 Å². The van der Waals surface area contributed by atoms with Gasteiger partial charge in [0.2, 0.25) is 0 Å². The van der Waals surface area contributed by atoms with Crippen LogP contribution in [0.3, 0.4) is 0 Å². The third-order valence-electron chi connectivity index (χ3n) is 6.84. The predicted molar refractivity (Wildman–Crippen MR) is 150 cm³/mol. The summed E-state index contributed by atoms with van der Waals surface area (Å²) in [5, 5.41) is 9.65. The van der Waals surface area contributed by atoms with Crippen LogP contribution >= 0.6 is 0 Å². The van der Waals surface area contributed by atoms with Crippen molar-refractivity contribution < 1.29 is 23.8 Å². The molecule has 38 heavy (non-hydrogen) atoms. The van der Waals surface area contributed by atoms with Crippen LogP contribution in [-0.2, 0) is 4.74 Å². The maximum atomic E-state index is 12.5. The second kappa shape index (κ2) is 13.8. The van der Waals surface area contributed by atoms with Crippen LogP contribution in [0, 0.1) is 0 Å². The Morgan fingerprint density at radius 3 is 2.26 bits per heavy atom. The summed E-state index contributed by atoms with van der Waals surface area (Å²) in [6.45, 7) is 0.922. The smallest absolute Gasteiger partial charge is 0.338 e. The summed E-state index contributed by atoms with van der Waals surface area (Å²) >= 11 is 0. The molecule has 0 saturated carbocycles. The van der Waals surface area contributed by atoms with Crippen LogP contribution in [0.5, 0.6) is 5.75 Å². The van der Waals surface area contributed by atoms with E-state index < -0.39 is 5.97 Å². The first-order valence-electron chi connectivity index (χ1n) is 13.5. The van der Waals surface area contributed by atoms with Crippen molar-refractivity contribution in [1.29, 1.82) is 0 Å². The quantitative estimate of drug-likeness (QED) is 0.108. The highest BCUT2D eigenvalue weighted by molar-refractivity contribution is 6.07. The van der Waals surface area contributed by atoms with Crippen molar-refractivity contribution in [3.8, 4) is 28.2 Å². The molecule has 1 N–H and O–H groups in total. The molecule has 0 spiro atoms. The molecule has 0 bridgehead atoms. The first kappa shape index (κ1) is 27.4. The number of aliphatic hydroxyl groups is 1. The molecule has 0 aromatic heterocycles. The third-order valence-corrected chi connectivity index (χ3v) is 6.84. The highest BCUT2D eigenvalue weighted by Gasteiger charge is 2.22. The van der Waals surface area contributed by atoms with E-state index in [0.717, 1.165) is 42.2 Å². The van der Waals surface area contributed by atoms with Gasteiger partial charge in [-0.2, -0.15) is 0 Å². The van der Waals surface area contributed by atoms with Crippen molar-refractivity contribution in [2.24, 2.45) is 0 Å². The zero-order valence-corrected chi connectivity index (χ0v) is 22.0. The summed E-state index contributed by atoms with van der Waals surface area (Å²) in [4.78, 5) is 24.7. The number of aliphatic hydroxyl groups excluding tert-OH is 1. The molecular weight excluding hydrogens is 480 g/mol. The van der Waals surface area contributed by atoms with Crippen molar-refractivity contribution in [3.63, 3.8) is 0 Å². The highest BCUT2D eigenvalue weighted by Crippen LogP contribution is 2.42. The van der Waals surface area contributed by atoms with Gasteiger partial charge in [0, 0.05) is 35.3 Å². The lowest BCUT2D eigenvalue weighted by atomic mass is 9.91. The maximum absolute atomic E-state index is 12.5. The highest BCUT2D eigenvalue weighted by atomic mass is 16.5. The minimum atomic E-state index is -0.426. The number of carbonyl (C=O) groups is 1. The van der Waals surface area contributed by atoms with E-state index >= 15 is 0 Å². The van der Waals surface area contributed by atoms with Gasteiger partial charge in [-0.1, -0.05) is 63.1 Å². The first-order chi connectivity index (χ1) is 18.6. The monoisotopic (exact) mass is 516 g/mol. The fourth-order valence-corrected chi connectivity index (χ4v) is 4.86. The van der Waals surface area contributed by atoms with Crippen molar-refractivity contribution >= 4 is 16.9 Å². The standard InChI is InChI=1S/C32H36O6/c1-36-32(35)26-14-10-9-13-25(26)31-27-17-15-23(34)21-29(27)38-30-22-24(16-18-28(30)31)37-20-12-8-6-4-2-3-5-7-11-19-33/h9-10,13-18,21-22,33H,2-8,11-12,19-20H2,1H3. The Balaban J connectivity index is 1.49. The van der Waals surface area contributed by atoms with E-state index in [9.17, 15) is 9.59 Å². The second-order valence-corrected chi connectivity index (χ2v) is 9.58. The number of rotatable bonds is 14. The average molecular weight is 517 g/mol. The number of hydrogen-bond donors (Lipinski definition) is 1. The Morgan fingerprint density at radius 1 is 0.816 bits per heavy atom. The van der Waals surface area contributed by atoms with Crippen LogP contribution in [-0.4, -0.2) is 31.4 Å². The van der Waals surface area contributed by atoms with Crippen LogP contribution in [0.15, 0.2) is 69.9 Å². The molecule has 2 aliphatic rings. The molecule has 0 saturated heterocycles. The Bertz CT molecular complexity index is 1370. The summed E-state index contributed by atoms with van der Waals surface area (Å²) in [5.74, 6) is 0.730. The molecule has 200 valence electrons. The molecule has 0 unspecified atom stereocenters. The zero-order chi connectivity index (χ0) is 26.7. The first-order valence-corrected chi connectivity index (χ1v) is 13.5. The number of ether oxygens (including phenoxy) is 2. The van der Waals surface area contributed by atoms with E-state index in [1.807, 2.05) is 30.3 Å². The van der Waals surface area contributed by atoms with Gasteiger partial charge in [-0.25, -0.2) is 4.79 Å². The van der Waals surface area contributed by atoms with Gasteiger partial charge in [0.05, 0.1) is 19.3 Å². The Morgan fingerprint density at radius 2 is 1.53 bits per heavy atom. The normalized spacial score (nSPS) is 11.2. The number of methoxy groups -OCH3 is 1. The van der Waals surface area contributed by atoms with Gasteiger partial charge in [0.15, 0.2) is 5.43 Å². The average Bonchev–Trinajstić information content (AvgIpc) is 2.94. The molecular formula is C32H36O6. The fourth-order valence-electron chi connectivity index (χ4n) is 4.86. The lowest BCUT2D eigenvalue weighted by molar-refractivity contribution is 0.0601. The summed E-state index contributed by atoms with van der Waals surface area (Å²) in [7, 11) is 1.37. The van der Waals surface area contributed by atoms with Crippen LogP contribution in [0.4, 0.5) is 0 Å². The number of fused-ring (bicyclic) bond motifs is 2. The minimum Gasteiger partial charge on any atom is -0.493 e. The SMILES string of the molecule is COC(=O)c1ccccc1-c1c2ccc(=O)cc-2oc2cc(OCCCCCCCCCCCO)ccc12. The summed E-state index contributed by atoms with van der Waals surface area (Å²) in [6, 6.07) is 17.7. The molecule has 0 radical (unpaired) electrons. The van der Waals surface area contributed by atoms with Gasteiger partial charge >= 0.3 is 5.97 Å². The van der Waals surface area contributed by atoms with Crippen molar-refractivity contribution in [3.05, 3.63) is 76.5 Å². The van der Waals surface area contributed by atoms with Gasteiger partial charge in [0.1, 0.15) is 17.1 Å². The van der Waals surface area contributed by atoms with Crippen molar-refractivity contribution in [2.45, 2.75) is 57.8 Å². The van der Waals surface area contributed by atoms with Gasteiger partial charge in [0.25, 0.3) is 0 Å². The fraction of sp³-hybridized carbons (Fsp3) is 0.375. The van der Waals surface area contributed by atoms with Crippen LogP contribution < -0.4 is 10.2 Å². The molecule has 0 fully saturated rings. The molecule has 2 aromatic carbocycles. The van der Waals surface area contributed by atoms with Gasteiger partial charge in [-0.15, -0.1) is 0 Å². The number of benzene rings is 3. The van der Waals surface area contributed by atoms with Gasteiger partial charge in [-0.05, 0) is 48.7 Å². The van der Waals surface area contributed by atoms with E-state index in [1.54, 1.807) is 18.2 Å². The number of unbranched alkanes of at least 4 members (excludes halogenated alkanes) is 8. The predicted octanol–water partition coefficient (Wildman–Crippen LogP) is 7.23. The van der Waals surface area contributed by atoms with E-state index in [1.165, 1.54) is 51.3 Å². The molecule has 4 rings (SSSR count). The van der Waals surface area contributed by atoms with Gasteiger partial charge < -0.3 is 19.0 Å². The molecule has 1 aliphatic heterocycles. The Kier molecular flexibility index (Phi) is 9.93. The lowest BCUT2D eigenvalue weighted by Crippen LogP contribution is -2.05. The molecule has 0 amide bonds. The molecule has 6 nitrogen and oxygen atoms in total. The Labute approximate surface area is 223 Å². The lowest BCUT2D eigenvalue weighted by Gasteiger charge is -2.17. The van der Waals surface area contributed by atoms with Crippen LogP contribution in [0.25, 0.3) is 33.4 Å². The summed E-state index contributed by atoms with van der Waals surface area (Å²) in [6.07, 6.45) is 10.3. The maximum Gasteiger partial charge on any atom is 0.338 e. The molecule has 0 atom stereocenters. The summed E-state index contributed by atoms with van der Waals surface area (Å²) in [5.41, 5.74) is 3.15. The topological polar surface area (TPSA) is 86.0 Å². The Hall–Kier alpha value is -3.64.